The van der Waals surface area contributed by atoms with Gasteiger partial charge < -0.3 is 10.1 Å². The number of rotatable bonds is 4. The van der Waals surface area contributed by atoms with Crippen molar-refractivity contribution in [3.63, 3.8) is 0 Å². The van der Waals surface area contributed by atoms with E-state index in [1.54, 1.807) is 32.5 Å². The summed E-state index contributed by atoms with van der Waals surface area (Å²) >= 11 is 6.50. The minimum Gasteiger partial charge on any atom is -0.443 e. The molecule has 0 amide bonds. The molecule has 184 valence electrons. The molecule has 1 N–H and O–H groups in total. The van der Waals surface area contributed by atoms with Gasteiger partial charge in [0, 0.05) is 55.3 Å². The van der Waals surface area contributed by atoms with Crippen molar-refractivity contribution in [2.24, 2.45) is 14.1 Å². The van der Waals surface area contributed by atoms with Crippen molar-refractivity contribution < 1.29 is 9.53 Å². The zero-order valence-electron chi connectivity index (χ0n) is 20.7. The molecule has 0 fully saturated rings. The van der Waals surface area contributed by atoms with Crippen LogP contribution in [0.1, 0.15) is 20.8 Å². The Hall–Kier alpha value is -4.11. The normalized spacial score (nSPS) is 11.7. The van der Waals surface area contributed by atoms with E-state index in [0.29, 0.717) is 27.7 Å². The molecule has 5 rings (SSSR count). The number of pyridine rings is 1. The molecule has 0 spiro atoms. The van der Waals surface area contributed by atoms with E-state index in [9.17, 15) is 4.79 Å². The number of aromatic nitrogens is 6. The maximum atomic E-state index is 13.3. The molecule has 0 radical (unpaired) electrons. The monoisotopic (exact) mass is 503 g/mol. The average Bonchev–Trinajstić information content (AvgIpc) is 3.52. The average molecular weight is 504 g/mol. The van der Waals surface area contributed by atoms with Gasteiger partial charge in [0.2, 0.25) is 0 Å². The highest BCUT2D eigenvalue weighted by Crippen LogP contribution is 2.33. The molecular formula is C26H26ClN7O2. The van der Waals surface area contributed by atoms with Crippen LogP contribution in [0.5, 0.6) is 0 Å². The number of ether oxygens (including phenoxy) is 1. The summed E-state index contributed by atoms with van der Waals surface area (Å²) in [5.74, 6) is 0.536. The molecule has 9 nitrogen and oxygen atoms in total. The van der Waals surface area contributed by atoms with E-state index in [4.69, 9.17) is 16.3 Å². The highest BCUT2D eigenvalue weighted by molar-refractivity contribution is 6.33. The van der Waals surface area contributed by atoms with E-state index in [0.717, 1.165) is 22.1 Å². The summed E-state index contributed by atoms with van der Waals surface area (Å²) in [7, 11) is 3.70. The molecule has 36 heavy (non-hydrogen) atoms. The summed E-state index contributed by atoms with van der Waals surface area (Å²) in [6.45, 7) is 5.52. The third kappa shape index (κ3) is 4.70. The van der Waals surface area contributed by atoms with Crippen LogP contribution in [0.2, 0.25) is 5.02 Å². The summed E-state index contributed by atoms with van der Waals surface area (Å²) in [6.07, 6.45) is 8.54. The molecule has 0 aliphatic carbocycles. The fourth-order valence-electron chi connectivity index (χ4n) is 3.95. The van der Waals surface area contributed by atoms with Crippen LogP contribution in [-0.4, -0.2) is 40.8 Å². The molecule has 0 unspecified atom stereocenters. The summed E-state index contributed by atoms with van der Waals surface area (Å²) in [4.78, 5) is 17.9. The van der Waals surface area contributed by atoms with Crippen LogP contribution >= 0.6 is 11.6 Å². The molecule has 4 heterocycles. The van der Waals surface area contributed by atoms with Gasteiger partial charge in [-0.25, -0.2) is 14.3 Å². The third-order valence-electron chi connectivity index (χ3n) is 5.53. The van der Waals surface area contributed by atoms with Crippen LogP contribution in [0, 0.1) is 0 Å². The first-order chi connectivity index (χ1) is 17.1. The summed E-state index contributed by atoms with van der Waals surface area (Å²) in [5.41, 5.74) is 4.08. The number of nitrogens with one attached hydrogen (secondary N) is 1. The van der Waals surface area contributed by atoms with Crippen molar-refractivity contribution in [3.05, 3.63) is 66.3 Å². The third-order valence-corrected chi connectivity index (χ3v) is 5.86. The standard InChI is InChI=1S/C26H26ClN7O2/c1-26(2,3)36-25(35)34-22(19-13-30-33(5)15-19)9-17-11-28-24(10-23(17)34)31-21-8-16(6-7-20(21)27)18-12-29-32(4)14-18/h6-15H,1-5H3,(H,28,31). The Morgan fingerprint density at radius 1 is 0.944 bits per heavy atom. The number of carbonyl (C=O) groups excluding carboxylic acids is 1. The van der Waals surface area contributed by atoms with Crippen LogP contribution < -0.4 is 5.32 Å². The SMILES string of the molecule is Cn1cc(-c2ccc(Cl)c(Nc3cc4c(cn3)cc(-c3cnn(C)c3)n4C(=O)OC(C)(C)C)c2)cn1. The van der Waals surface area contributed by atoms with Gasteiger partial charge >= 0.3 is 6.09 Å². The first-order valence-electron chi connectivity index (χ1n) is 11.4. The number of fused-ring (bicyclic) bond motifs is 1. The lowest BCUT2D eigenvalue weighted by Crippen LogP contribution is -2.27. The molecule has 0 aliphatic rings. The predicted molar refractivity (Wildman–Crippen MR) is 141 cm³/mol. The highest BCUT2D eigenvalue weighted by atomic mass is 35.5. The summed E-state index contributed by atoms with van der Waals surface area (Å²) in [5, 5.41) is 13.1. The Kier molecular flexibility index (Phi) is 5.80. The second kappa shape index (κ2) is 8.83. The zero-order chi connectivity index (χ0) is 25.6. The molecular weight excluding hydrogens is 478 g/mol. The van der Waals surface area contributed by atoms with Gasteiger partial charge in [0.25, 0.3) is 0 Å². The van der Waals surface area contributed by atoms with Crippen molar-refractivity contribution in [1.82, 2.24) is 29.1 Å². The van der Waals surface area contributed by atoms with Crippen molar-refractivity contribution in [2.75, 3.05) is 5.32 Å². The quantitative estimate of drug-likeness (QED) is 0.322. The van der Waals surface area contributed by atoms with Crippen LogP contribution in [-0.2, 0) is 18.8 Å². The Morgan fingerprint density at radius 2 is 1.64 bits per heavy atom. The van der Waals surface area contributed by atoms with Crippen molar-refractivity contribution in [3.8, 4) is 22.4 Å². The fraction of sp³-hybridized carbons (Fsp3) is 0.231. The number of anilines is 2. The topological polar surface area (TPSA) is 91.8 Å². The Balaban J connectivity index is 1.58. The molecule has 0 saturated carbocycles. The molecule has 0 aliphatic heterocycles. The van der Waals surface area contributed by atoms with Crippen molar-refractivity contribution >= 4 is 40.1 Å². The minimum atomic E-state index is -0.658. The van der Waals surface area contributed by atoms with Crippen LogP contribution in [0.3, 0.4) is 0 Å². The van der Waals surface area contributed by atoms with Crippen LogP contribution in [0.15, 0.2) is 61.3 Å². The number of hydrogen-bond acceptors (Lipinski definition) is 6. The smallest absolute Gasteiger partial charge is 0.419 e. The highest BCUT2D eigenvalue weighted by Gasteiger charge is 2.24. The van der Waals surface area contributed by atoms with Gasteiger partial charge in [0.15, 0.2) is 0 Å². The second-order valence-corrected chi connectivity index (χ2v) is 10.0. The summed E-state index contributed by atoms with van der Waals surface area (Å²) in [6, 6.07) is 9.43. The lowest BCUT2D eigenvalue weighted by molar-refractivity contribution is 0.0547. The molecule has 4 aromatic heterocycles. The van der Waals surface area contributed by atoms with E-state index >= 15 is 0 Å². The molecule has 1 aromatic carbocycles. The first-order valence-corrected chi connectivity index (χ1v) is 11.7. The van der Waals surface area contributed by atoms with Gasteiger partial charge in [-0.1, -0.05) is 17.7 Å². The molecule has 0 saturated heterocycles. The van der Waals surface area contributed by atoms with E-state index in [-0.39, 0.29) is 0 Å². The van der Waals surface area contributed by atoms with Gasteiger partial charge in [-0.05, 0) is 44.5 Å². The van der Waals surface area contributed by atoms with Gasteiger partial charge in [-0.15, -0.1) is 0 Å². The summed E-state index contributed by atoms with van der Waals surface area (Å²) < 4.78 is 10.7. The lowest BCUT2D eigenvalue weighted by atomic mass is 10.1. The first kappa shape index (κ1) is 23.6. The second-order valence-electron chi connectivity index (χ2n) is 9.60. The van der Waals surface area contributed by atoms with Gasteiger partial charge in [-0.2, -0.15) is 10.2 Å². The number of benzene rings is 1. The predicted octanol–water partition coefficient (Wildman–Crippen LogP) is 6.02. The van der Waals surface area contributed by atoms with Crippen LogP contribution in [0.4, 0.5) is 16.3 Å². The van der Waals surface area contributed by atoms with E-state index in [1.807, 2.05) is 77.6 Å². The fourth-order valence-corrected chi connectivity index (χ4v) is 4.11. The number of carbonyl (C=O) groups is 1. The maximum Gasteiger partial charge on any atom is 0.419 e. The van der Waals surface area contributed by atoms with Gasteiger partial charge in [0.1, 0.15) is 11.4 Å². The maximum absolute atomic E-state index is 13.3. The van der Waals surface area contributed by atoms with E-state index in [2.05, 4.69) is 20.5 Å². The zero-order valence-corrected chi connectivity index (χ0v) is 21.4. The van der Waals surface area contributed by atoms with Gasteiger partial charge in [-0.3, -0.25) is 9.36 Å². The Morgan fingerprint density at radius 3 is 2.28 bits per heavy atom. The Labute approximate surface area is 213 Å². The number of aryl methyl sites for hydroxylation is 2. The molecule has 0 bridgehead atoms. The number of halogens is 1. The van der Waals surface area contributed by atoms with Crippen molar-refractivity contribution in [2.45, 2.75) is 26.4 Å². The van der Waals surface area contributed by atoms with Gasteiger partial charge in [0.05, 0.1) is 34.3 Å². The number of nitrogens with zero attached hydrogens (tertiary/aromatic N) is 6. The largest absolute Gasteiger partial charge is 0.443 e. The molecule has 5 aromatic rings. The lowest BCUT2D eigenvalue weighted by Gasteiger charge is -2.21. The van der Waals surface area contributed by atoms with E-state index in [1.165, 1.54) is 0 Å². The number of hydrogen-bond donors (Lipinski definition) is 1. The van der Waals surface area contributed by atoms with Crippen LogP contribution in [0.25, 0.3) is 33.3 Å². The van der Waals surface area contributed by atoms with Crippen molar-refractivity contribution in [1.29, 1.82) is 0 Å². The minimum absolute atomic E-state index is 0.481. The molecule has 10 heteroatoms. The van der Waals surface area contributed by atoms with E-state index < -0.39 is 11.7 Å². The molecule has 0 atom stereocenters. The Bertz CT molecular complexity index is 1590.